The number of pyridine rings is 1. The first-order chi connectivity index (χ1) is 22.8. The number of thiophene rings is 1. The van der Waals surface area contributed by atoms with Crippen molar-refractivity contribution < 1.29 is 29.3 Å². The zero-order valence-electron chi connectivity index (χ0n) is 26.0. The first kappa shape index (κ1) is 30.5. The molecule has 6 aromatic rings. The number of rotatable bonds is 8. The van der Waals surface area contributed by atoms with Crippen molar-refractivity contribution in [1.82, 2.24) is 14.5 Å². The number of carbonyl (C=O) groups excluding carboxylic acids is 1. The van der Waals surface area contributed by atoms with Crippen molar-refractivity contribution in [2.45, 2.75) is 25.5 Å². The van der Waals surface area contributed by atoms with Gasteiger partial charge in [-0.2, -0.15) is 0 Å². The van der Waals surface area contributed by atoms with E-state index >= 15 is 0 Å². The van der Waals surface area contributed by atoms with Crippen LogP contribution >= 0.6 is 11.3 Å². The summed E-state index contributed by atoms with van der Waals surface area (Å²) in [5.74, 6) is 0.194. The third-order valence-corrected chi connectivity index (χ3v) is 9.89. The minimum absolute atomic E-state index is 0.0408. The van der Waals surface area contributed by atoms with Crippen molar-refractivity contribution in [1.29, 1.82) is 0 Å². The molecule has 0 radical (unpaired) electrons. The fraction of sp³-hybridized carbons (Fsp3) is 0.216. The van der Waals surface area contributed by atoms with E-state index in [0.29, 0.717) is 42.9 Å². The number of carbonyl (C=O) groups is 2. The number of likely N-dealkylation sites (tertiary alicyclic amines) is 1. The van der Waals surface area contributed by atoms with E-state index in [4.69, 9.17) is 14.5 Å². The predicted molar refractivity (Wildman–Crippen MR) is 183 cm³/mol. The SMILES string of the molecule is COc1ccc(-c2ccc3cc(-c4c(-c5ccccc5)c5sc(C(=O)O)cc5n4CC(=O)N4CCC(O)CC4)ccc3n2)cc1OC. The van der Waals surface area contributed by atoms with Crippen LogP contribution in [0.1, 0.15) is 22.5 Å². The maximum atomic E-state index is 13.7. The summed E-state index contributed by atoms with van der Waals surface area (Å²) in [4.78, 5) is 32.8. The highest BCUT2D eigenvalue weighted by Crippen LogP contribution is 2.45. The van der Waals surface area contributed by atoms with Gasteiger partial charge in [-0.25, -0.2) is 9.78 Å². The topological polar surface area (TPSA) is 114 Å². The lowest BCUT2D eigenvalue weighted by molar-refractivity contribution is -0.133. The quantitative estimate of drug-likeness (QED) is 0.184. The molecular formula is C37H33N3O6S. The predicted octanol–water partition coefficient (Wildman–Crippen LogP) is 6.95. The van der Waals surface area contributed by atoms with E-state index in [1.54, 1.807) is 25.2 Å². The Morgan fingerprint density at radius 2 is 1.62 bits per heavy atom. The van der Waals surface area contributed by atoms with Gasteiger partial charge in [0.2, 0.25) is 5.91 Å². The average Bonchev–Trinajstić information content (AvgIpc) is 3.66. The number of carboxylic acid groups (broad SMARTS) is 1. The number of nitrogens with zero attached hydrogens (tertiary/aromatic N) is 3. The number of fused-ring (bicyclic) bond motifs is 2. The van der Waals surface area contributed by atoms with Gasteiger partial charge in [-0.3, -0.25) is 4.79 Å². The molecule has 1 aliphatic rings. The fourth-order valence-electron chi connectivity index (χ4n) is 6.35. The molecule has 0 bridgehead atoms. The molecule has 0 saturated carbocycles. The summed E-state index contributed by atoms with van der Waals surface area (Å²) in [6.07, 6.45) is 0.685. The van der Waals surface area contributed by atoms with Gasteiger partial charge in [-0.05, 0) is 66.4 Å². The maximum absolute atomic E-state index is 13.7. The Kier molecular flexibility index (Phi) is 8.13. The molecule has 1 aliphatic heterocycles. The second-order valence-corrected chi connectivity index (χ2v) is 12.6. The van der Waals surface area contributed by atoms with Crippen LogP contribution in [-0.4, -0.2) is 70.0 Å². The van der Waals surface area contributed by atoms with Crippen LogP contribution < -0.4 is 9.47 Å². The molecule has 0 spiro atoms. The molecule has 7 rings (SSSR count). The van der Waals surface area contributed by atoms with Gasteiger partial charge < -0.3 is 29.2 Å². The van der Waals surface area contributed by atoms with E-state index < -0.39 is 12.1 Å². The van der Waals surface area contributed by atoms with E-state index in [1.165, 1.54) is 11.3 Å². The van der Waals surface area contributed by atoms with E-state index in [9.17, 15) is 19.8 Å². The first-order valence-electron chi connectivity index (χ1n) is 15.4. The standard InChI is InChI=1S/C37H33N3O6S/c1-45-30-13-10-24(19-31(30)46-2)28-11-8-23-18-25(9-12-27(23)38-28)35-34(22-6-4-3-5-7-22)36-29(20-32(47-36)37(43)44)40(35)21-33(42)39-16-14-26(41)15-17-39/h3-13,18-20,26,41H,14-17,21H2,1-2H3,(H,43,44). The van der Waals surface area contributed by atoms with Crippen LogP contribution in [0, 0.1) is 0 Å². The molecule has 3 aromatic carbocycles. The van der Waals surface area contributed by atoms with Crippen LogP contribution in [0.3, 0.4) is 0 Å². The number of hydrogen-bond acceptors (Lipinski definition) is 7. The van der Waals surface area contributed by atoms with Crippen LogP contribution in [0.15, 0.2) is 84.9 Å². The Balaban J connectivity index is 1.37. The number of aromatic carboxylic acids is 1. The van der Waals surface area contributed by atoms with E-state index in [1.807, 2.05) is 77.4 Å². The smallest absolute Gasteiger partial charge is 0.345 e. The summed E-state index contributed by atoms with van der Waals surface area (Å²) in [6.45, 7) is 1.01. The molecule has 3 aromatic heterocycles. The lowest BCUT2D eigenvalue weighted by Gasteiger charge is -2.30. The van der Waals surface area contributed by atoms with Crippen molar-refractivity contribution in [3.63, 3.8) is 0 Å². The lowest BCUT2D eigenvalue weighted by atomic mass is 9.99. The van der Waals surface area contributed by atoms with Gasteiger partial charge in [0.15, 0.2) is 11.5 Å². The number of aliphatic hydroxyl groups excluding tert-OH is 1. The molecule has 10 heteroatoms. The zero-order chi connectivity index (χ0) is 32.7. The van der Waals surface area contributed by atoms with E-state index in [2.05, 4.69) is 6.07 Å². The highest BCUT2D eigenvalue weighted by Gasteiger charge is 2.28. The highest BCUT2D eigenvalue weighted by molar-refractivity contribution is 7.21. The number of methoxy groups -OCH3 is 2. The minimum atomic E-state index is -1.00. The molecule has 4 heterocycles. The zero-order valence-corrected chi connectivity index (χ0v) is 26.8. The first-order valence-corrected chi connectivity index (χ1v) is 16.2. The van der Waals surface area contributed by atoms with Gasteiger partial charge in [0.25, 0.3) is 0 Å². The molecule has 2 N–H and O–H groups in total. The second-order valence-electron chi connectivity index (χ2n) is 11.6. The third kappa shape index (κ3) is 5.70. The van der Waals surface area contributed by atoms with E-state index in [0.717, 1.165) is 49.2 Å². The summed E-state index contributed by atoms with van der Waals surface area (Å²) in [6, 6.07) is 27.3. The lowest BCUT2D eigenvalue weighted by Crippen LogP contribution is -2.41. The van der Waals surface area contributed by atoms with Crippen molar-refractivity contribution in [2.24, 2.45) is 0 Å². The van der Waals surface area contributed by atoms with Crippen molar-refractivity contribution in [3.8, 4) is 45.1 Å². The second kappa shape index (κ2) is 12.5. The van der Waals surface area contributed by atoms with Crippen LogP contribution in [0.25, 0.3) is 54.8 Å². The summed E-state index contributed by atoms with van der Waals surface area (Å²) >= 11 is 1.22. The van der Waals surface area contributed by atoms with Crippen molar-refractivity contribution in [3.05, 3.63) is 89.8 Å². The molecular weight excluding hydrogens is 614 g/mol. The molecule has 0 unspecified atom stereocenters. The number of carboxylic acids is 1. The van der Waals surface area contributed by atoms with Crippen LogP contribution in [0.5, 0.6) is 11.5 Å². The Labute approximate surface area is 275 Å². The number of aromatic nitrogens is 2. The Morgan fingerprint density at radius 1 is 0.872 bits per heavy atom. The van der Waals surface area contributed by atoms with Crippen LogP contribution in [0.2, 0.25) is 0 Å². The number of piperidine rings is 1. The largest absolute Gasteiger partial charge is 0.493 e. The van der Waals surface area contributed by atoms with Crippen LogP contribution in [0.4, 0.5) is 0 Å². The molecule has 0 aliphatic carbocycles. The van der Waals surface area contributed by atoms with Gasteiger partial charge in [-0.1, -0.05) is 42.5 Å². The summed E-state index contributed by atoms with van der Waals surface area (Å²) < 4.78 is 13.7. The van der Waals surface area contributed by atoms with Crippen molar-refractivity contribution in [2.75, 3.05) is 27.3 Å². The van der Waals surface area contributed by atoms with Crippen LogP contribution in [-0.2, 0) is 11.3 Å². The molecule has 9 nitrogen and oxygen atoms in total. The number of aliphatic hydroxyl groups is 1. The molecule has 1 saturated heterocycles. The Morgan fingerprint density at radius 3 is 2.34 bits per heavy atom. The van der Waals surface area contributed by atoms with Crippen molar-refractivity contribution >= 4 is 44.3 Å². The highest BCUT2D eigenvalue weighted by atomic mass is 32.1. The summed E-state index contributed by atoms with van der Waals surface area (Å²) in [5.41, 5.74) is 6.73. The van der Waals surface area contributed by atoms with E-state index in [-0.39, 0.29) is 17.3 Å². The Bertz CT molecular complexity index is 2130. The minimum Gasteiger partial charge on any atom is -0.493 e. The van der Waals surface area contributed by atoms with Gasteiger partial charge in [-0.15, -0.1) is 11.3 Å². The fourth-order valence-corrected chi connectivity index (χ4v) is 7.41. The maximum Gasteiger partial charge on any atom is 0.345 e. The molecule has 1 fully saturated rings. The third-order valence-electron chi connectivity index (χ3n) is 8.76. The molecule has 238 valence electrons. The van der Waals surface area contributed by atoms with Gasteiger partial charge in [0.05, 0.1) is 47.4 Å². The summed E-state index contributed by atoms with van der Waals surface area (Å²) in [5, 5.41) is 20.9. The number of ether oxygens (including phenoxy) is 2. The monoisotopic (exact) mass is 647 g/mol. The normalized spacial score (nSPS) is 13.7. The van der Waals surface area contributed by atoms with Gasteiger partial charge in [0, 0.05) is 29.6 Å². The molecule has 47 heavy (non-hydrogen) atoms. The number of amides is 1. The Hall–Kier alpha value is -5.19. The van der Waals surface area contributed by atoms with Gasteiger partial charge in [0.1, 0.15) is 11.4 Å². The average molecular weight is 648 g/mol. The number of hydrogen-bond donors (Lipinski definition) is 2. The molecule has 1 amide bonds. The summed E-state index contributed by atoms with van der Waals surface area (Å²) in [7, 11) is 3.21. The van der Waals surface area contributed by atoms with Gasteiger partial charge >= 0.3 is 5.97 Å². The molecule has 0 atom stereocenters. The number of benzene rings is 3.